The Balaban J connectivity index is 1.91. The molecule has 2 rings (SSSR count). The number of nitrogens with zero attached hydrogens (tertiary/aromatic N) is 1. The monoisotopic (exact) mass is 386 g/mol. The minimum Gasteiger partial charge on any atom is -0.492 e. The second-order valence-corrected chi connectivity index (χ2v) is 6.51. The minimum absolute atomic E-state index is 0.157. The predicted molar refractivity (Wildman–Crippen MR) is 110 cm³/mol. The molecule has 0 atom stereocenters. The Labute approximate surface area is 167 Å². The lowest BCUT2D eigenvalue weighted by molar-refractivity contribution is 0.0950. The van der Waals surface area contributed by atoms with Crippen LogP contribution >= 0.6 is 0 Å². The van der Waals surface area contributed by atoms with Crippen LogP contribution in [0.4, 0.5) is 0 Å². The second-order valence-electron chi connectivity index (χ2n) is 6.51. The molecule has 0 unspecified atom stereocenters. The van der Waals surface area contributed by atoms with Gasteiger partial charge in [-0.15, -0.1) is 0 Å². The number of carbonyl (C=O) groups is 1. The summed E-state index contributed by atoms with van der Waals surface area (Å²) in [6, 6.07) is 13.0. The van der Waals surface area contributed by atoms with Crippen LogP contribution < -0.4 is 19.5 Å². The number of amides is 1. The zero-order chi connectivity index (χ0) is 20.4. The lowest BCUT2D eigenvalue weighted by atomic mass is 10.1. The Morgan fingerprint density at radius 1 is 0.929 bits per heavy atom. The lowest BCUT2D eigenvalue weighted by Gasteiger charge is -2.13. The van der Waals surface area contributed by atoms with E-state index in [4.69, 9.17) is 14.2 Å². The zero-order valence-corrected chi connectivity index (χ0v) is 17.2. The van der Waals surface area contributed by atoms with Gasteiger partial charge in [0.05, 0.1) is 13.2 Å². The maximum absolute atomic E-state index is 12.5. The molecule has 0 spiro atoms. The van der Waals surface area contributed by atoms with Crippen molar-refractivity contribution in [2.75, 3.05) is 40.5 Å². The van der Waals surface area contributed by atoms with E-state index in [-0.39, 0.29) is 5.91 Å². The molecule has 1 amide bonds. The van der Waals surface area contributed by atoms with E-state index in [1.807, 2.05) is 52.2 Å². The average Bonchev–Trinajstić information content (AvgIpc) is 2.68. The number of likely N-dealkylation sites (N-methyl/N-ethyl adjacent to an activating group) is 1. The van der Waals surface area contributed by atoms with E-state index < -0.39 is 0 Å². The van der Waals surface area contributed by atoms with Crippen molar-refractivity contribution in [3.63, 3.8) is 0 Å². The summed E-state index contributed by atoms with van der Waals surface area (Å²) in [5.41, 5.74) is 1.54. The number of carbonyl (C=O) groups excluding carboxylic acids is 1. The van der Waals surface area contributed by atoms with Crippen LogP contribution in [0.3, 0.4) is 0 Å². The molecule has 0 aromatic heterocycles. The van der Waals surface area contributed by atoms with Gasteiger partial charge in [0, 0.05) is 18.7 Å². The molecule has 2 aromatic carbocycles. The van der Waals surface area contributed by atoms with Gasteiger partial charge in [-0.1, -0.05) is 12.1 Å². The molecule has 0 aliphatic heterocycles. The quantitative estimate of drug-likeness (QED) is 0.642. The van der Waals surface area contributed by atoms with E-state index in [2.05, 4.69) is 10.2 Å². The number of rotatable bonds is 11. The van der Waals surface area contributed by atoms with E-state index >= 15 is 0 Å². The van der Waals surface area contributed by atoms with Gasteiger partial charge in [-0.25, -0.2) is 0 Å². The number of hydrogen-bond donors (Lipinski definition) is 1. The third kappa shape index (κ3) is 6.78. The Kier molecular flexibility index (Phi) is 8.62. The van der Waals surface area contributed by atoms with Crippen molar-refractivity contribution in [1.29, 1.82) is 0 Å². The maximum Gasteiger partial charge on any atom is 0.251 e. The van der Waals surface area contributed by atoms with Crippen molar-refractivity contribution in [2.45, 2.75) is 20.4 Å². The number of ether oxygens (including phenoxy) is 3. The molecule has 0 heterocycles. The van der Waals surface area contributed by atoms with Crippen molar-refractivity contribution in [2.24, 2.45) is 0 Å². The van der Waals surface area contributed by atoms with Gasteiger partial charge in [-0.05, 0) is 63.8 Å². The summed E-state index contributed by atoms with van der Waals surface area (Å²) in [6.45, 7) is 6.81. The van der Waals surface area contributed by atoms with Gasteiger partial charge < -0.3 is 24.4 Å². The average molecular weight is 386 g/mol. The Bertz CT molecular complexity index is 745. The fourth-order valence-electron chi connectivity index (χ4n) is 2.53. The number of hydrogen-bond acceptors (Lipinski definition) is 5. The normalized spacial score (nSPS) is 10.6. The van der Waals surface area contributed by atoms with Crippen LogP contribution in [0.15, 0.2) is 42.5 Å². The first-order valence-electron chi connectivity index (χ1n) is 9.57. The highest BCUT2D eigenvalue weighted by Crippen LogP contribution is 2.28. The molecule has 6 heteroatoms. The topological polar surface area (TPSA) is 60.0 Å². The van der Waals surface area contributed by atoms with Gasteiger partial charge in [-0.3, -0.25) is 4.79 Å². The first-order chi connectivity index (χ1) is 13.5. The fraction of sp³-hybridized carbons (Fsp3) is 0.409. The molecule has 0 aliphatic rings. The highest BCUT2D eigenvalue weighted by molar-refractivity contribution is 5.94. The summed E-state index contributed by atoms with van der Waals surface area (Å²) in [5.74, 6) is 1.89. The first kappa shape index (κ1) is 21.6. The van der Waals surface area contributed by atoms with E-state index in [1.165, 1.54) is 0 Å². The smallest absolute Gasteiger partial charge is 0.251 e. The molecule has 28 heavy (non-hydrogen) atoms. The van der Waals surface area contributed by atoms with Crippen LogP contribution in [0, 0.1) is 0 Å². The third-order valence-corrected chi connectivity index (χ3v) is 3.99. The van der Waals surface area contributed by atoms with E-state index in [1.54, 1.807) is 18.2 Å². The summed E-state index contributed by atoms with van der Waals surface area (Å²) < 4.78 is 16.8. The molecule has 152 valence electrons. The van der Waals surface area contributed by atoms with Crippen LogP contribution in [-0.4, -0.2) is 51.3 Å². The van der Waals surface area contributed by atoms with Crippen LogP contribution in [0.1, 0.15) is 29.8 Å². The molecule has 6 nitrogen and oxygen atoms in total. The highest BCUT2D eigenvalue weighted by atomic mass is 16.5. The summed E-state index contributed by atoms with van der Waals surface area (Å²) in [4.78, 5) is 14.6. The standard InChI is InChI=1S/C22H30N2O4/c1-5-26-20-12-9-18(15-21(20)27-6-2)22(25)23-16-17-7-10-19(11-8-17)28-14-13-24(3)4/h7-12,15H,5-6,13-14,16H2,1-4H3,(H,23,25). The summed E-state index contributed by atoms with van der Waals surface area (Å²) in [6.07, 6.45) is 0. The minimum atomic E-state index is -0.157. The number of nitrogens with one attached hydrogen (secondary N) is 1. The van der Waals surface area contributed by atoms with Crippen LogP contribution in [0.2, 0.25) is 0 Å². The first-order valence-corrected chi connectivity index (χ1v) is 9.57. The molecule has 2 aromatic rings. The molecule has 1 N–H and O–H groups in total. The Morgan fingerprint density at radius 2 is 1.61 bits per heavy atom. The van der Waals surface area contributed by atoms with Gasteiger partial charge >= 0.3 is 0 Å². The molecular formula is C22H30N2O4. The fourth-order valence-corrected chi connectivity index (χ4v) is 2.53. The summed E-state index contributed by atoms with van der Waals surface area (Å²) in [5, 5.41) is 2.93. The van der Waals surface area contributed by atoms with E-state index in [9.17, 15) is 4.79 Å². The largest absolute Gasteiger partial charge is 0.492 e. The van der Waals surface area contributed by atoms with Gasteiger partial charge in [0.2, 0.25) is 0 Å². The van der Waals surface area contributed by atoms with Crippen molar-refractivity contribution in [3.8, 4) is 17.2 Å². The Morgan fingerprint density at radius 3 is 2.25 bits per heavy atom. The van der Waals surface area contributed by atoms with E-state index in [0.29, 0.717) is 43.4 Å². The summed E-state index contributed by atoms with van der Waals surface area (Å²) >= 11 is 0. The number of benzene rings is 2. The maximum atomic E-state index is 12.5. The SMILES string of the molecule is CCOc1ccc(C(=O)NCc2ccc(OCCN(C)C)cc2)cc1OCC. The Hall–Kier alpha value is -2.73. The van der Waals surface area contributed by atoms with Crippen molar-refractivity contribution in [3.05, 3.63) is 53.6 Å². The summed E-state index contributed by atoms with van der Waals surface area (Å²) in [7, 11) is 4.02. The molecule has 0 saturated carbocycles. The predicted octanol–water partition coefficient (Wildman–Crippen LogP) is 3.35. The van der Waals surface area contributed by atoms with Crippen LogP contribution in [0.25, 0.3) is 0 Å². The molecule has 0 fully saturated rings. The van der Waals surface area contributed by atoms with Gasteiger partial charge in [0.15, 0.2) is 11.5 Å². The van der Waals surface area contributed by atoms with Crippen molar-refractivity contribution in [1.82, 2.24) is 10.2 Å². The molecule has 0 aliphatic carbocycles. The molecular weight excluding hydrogens is 356 g/mol. The van der Waals surface area contributed by atoms with E-state index in [0.717, 1.165) is 17.9 Å². The molecule has 0 bridgehead atoms. The highest BCUT2D eigenvalue weighted by Gasteiger charge is 2.11. The van der Waals surface area contributed by atoms with Crippen molar-refractivity contribution >= 4 is 5.91 Å². The molecule has 0 radical (unpaired) electrons. The second kappa shape index (κ2) is 11.2. The van der Waals surface area contributed by atoms with Gasteiger partial charge in [-0.2, -0.15) is 0 Å². The van der Waals surface area contributed by atoms with Gasteiger partial charge in [0.1, 0.15) is 12.4 Å². The third-order valence-electron chi connectivity index (χ3n) is 3.99. The van der Waals surface area contributed by atoms with Crippen molar-refractivity contribution < 1.29 is 19.0 Å². The zero-order valence-electron chi connectivity index (χ0n) is 17.2. The van der Waals surface area contributed by atoms with Gasteiger partial charge in [0.25, 0.3) is 5.91 Å². The lowest BCUT2D eigenvalue weighted by Crippen LogP contribution is -2.22. The molecule has 0 saturated heterocycles. The van der Waals surface area contributed by atoms with Crippen LogP contribution in [-0.2, 0) is 6.54 Å². The van der Waals surface area contributed by atoms with Crippen LogP contribution in [0.5, 0.6) is 17.2 Å².